The van der Waals surface area contributed by atoms with Crippen LogP contribution in [0.3, 0.4) is 0 Å². The molecule has 1 amide bonds. The molecular weight excluding hydrogens is 310 g/mol. The van der Waals surface area contributed by atoms with Crippen LogP contribution in [0.15, 0.2) is 23.4 Å². The Hall–Kier alpha value is -1.73. The van der Waals surface area contributed by atoms with Gasteiger partial charge in [-0.2, -0.15) is 0 Å². The van der Waals surface area contributed by atoms with Gasteiger partial charge in [0.05, 0.1) is 5.75 Å². The van der Waals surface area contributed by atoms with Crippen LogP contribution in [0.2, 0.25) is 5.02 Å². The Labute approximate surface area is 132 Å². The lowest BCUT2D eigenvalue weighted by molar-refractivity contribution is -0.113. The van der Waals surface area contributed by atoms with E-state index in [1.165, 1.54) is 16.4 Å². The molecule has 0 aliphatic rings. The topological polar surface area (TPSA) is 85.8 Å². The number of anilines is 1. The van der Waals surface area contributed by atoms with Crippen molar-refractivity contribution < 1.29 is 4.79 Å². The monoisotopic (exact) mass is 325 g/mol. The molecule has 0 radical (unpaired) electrons. The molecular formula is C13H16ClN5OS. The lowest BCUT2D eigenvalue weighted by atomic mass is 10.2. The second-order valence-electron chi connectivity index (χ2n) is 4.42. The Morgan fingerprint density at radius 2 is 2.24 bits per heavy atom. The maximum Gasteiger partial charge on any atom is 0.234 e. The quantitative estimate of drug-likeness (QED) is 0.650. The van der Waals surface area contributed by atoms with Gasteiger partial charge in [-0.25, -0.2) is 4.68 Å². The summed E-state index contributed by atoms with van der Waals surface area (Å²) in [6.07, 6.45) is 0.693. The molecule has 0 fully saturated rings. The van der Waals surface area contributed by atoms with E-state index >= 15 is 0 Å². The summed E-state index contributed by atoms with van der Waals surface area (Å²) >= 11 is 7.25. The van der Waals surface area contributed by atoms with Crippen LogP contribution in [0.5, 0.6) is 0 Å². The van der Waals surface area contributed by atoms with Gasteiger partial charge in [-0.05, 0) is 24.6 Å². The summed E-state index contributed by atoms with van der Waals surface area (Å²) in [5.74, 6) is 6.54. The third-order valence-corrected chi connectivity index (χ3v) is 4.19. The SMILES string of the molecule is CCc1nnc(SCC(=O)Nc2ccc(C)c(Cl)c2)n1N. The molecule has 112 valence electrons. The average Bonchev–Trinajstić information content (AvgIpc) is 2.81. The average molecular weight is 326 g/mol. The van der Waals surface area contributed by atoms with Crippen LogP contribution in [0.4, 0.5) is 5.69 Å². The largest absolute Gasteiger partial charge is 0.336 e. The number of aromatic nitrogens is 3. The molecule has 0 atom stereocenters. The molecule has 1 aromatic carbocycles. The molecule has 0 spiro atoms. The number of nitrogens with zero attached hydrogens (tertiary/aromatic N) is 3. The maximum atomic E-state index is 11.9. The number of rotatable bonds is 5. The van der Waals surface area contributed by atoms with Gasteiger partial charge in [-0.15, -0.1) is 10.2 Å². The second-order valence-corrected chi connectivity index (χ2v) is 5.77. The minimum Gasteiger partial charge on any atom is -0.336 e. The molecule has 21 heavy (non-hydrogen) atoms. The molecule has 0 unspecified atom stereocenters. The standard InChI is InChI=1S/C13H16ClN5OS/c1-3-11-17-18-13(19(11)15)21-7-12(20)16-9-5-4-8(2)10(14)6-9/h4-6H,3,7,15H2,1-2H3,(H,16,20). The highest BCUT2D eigenvalue weighted by Gasteiger charge is 2.11. The van der Waals surface area contributed by atoms with Gasteiger partial charge >= 0.3 is 0 Å². The van der Waals surface area contributed by atoms with Crippen molar-refractivity contribution in [2.24, 2.45) is 0 Å². The summed E-state index contributed by atoms with van der Waals surface area (Å²) in [7, 11) is 0. The summed E-state index contributed by atoms with van der Waals surface area (Å²) in [5, 5.41) is 11.8. The van der Waals surface area contributed by atoms with E-state index in [2.05, 4.69) is 15.5 Å². The predicted molar refractivity (Wildman–Crippen MR) is 85.1 cm³/mol. The normalized spacial score (nSPS) is 10.6. The summed E-state index contributed by atoms with van der Waals surface area (Å²) in [4.78, 5) is 11.9. The van der Waals surface area contributed by atoms with Crippen LogP contribution < -0.4 is 11.2 Å². The number of carbonyl (C=O) groups is 1. The first-order valence-electron chi connectivity index (χ1n) is 6.39. The van der Waals surface area contributed by atoms with Gasteiger partial charge in [-0.3, -0.25) is 4.79 Å². The maximum absolute atomic E-state index is 11.9. The van der Waals surface area contributed by atoms with Crippen LogP contribution in [0, 0.1) is 6.92 Å². The Balaban J connectivity index is 1.92. The summed E-state index contributed by atoms with van der Waals surface area (Å²) in [6.45, 7) is 3.85. The Morgan fingerprint density at radius 3 is 2.86 bits per heavy atom. The fourth-order valence-electron chi connectivity index (χ4n) is 1.64. The summed E-state index contributed by atoms with van der Waals surface area (Å²) < 4.78 is 1.40. The highest BCUT2D eigenvalue weighted by atomic mass is 35.5. The lowest BCUT2D eigenvalue weighted by Crippen LogP contribution is -2.17. The predicted octanol–water partition coefficient (Wildman–Crippen LogP) is 2.25. The molecule has 8 heteroatoms. The van der Waals surface area contributed by atoms with Crippen LogP contribution in [0.25, 0.3) is 0 Å². The number of hydrogen-bond donors (Lipinski definition) is 2. The first-order chi connectivity index (χ1) is 10.0. The second kappa shape index (κ2) is 6.82. The fraction of sp³-hybridized carbons (Fsp3) is 0.308. The van der Waals surface area contributed by atoms with E-state index in [0.29, 0.717) is 28.1 Å². The first-order valence-corrected chi connectivity index (χ1v) is 7.75. The lowest BCUT2D eigenvalue weighted by Gasteiger charge is -2.06. The van der Waals surface area contributed by atoms with Gasteiger partial charge in [0.25, 0.3) is 0 Å². The molecule has 2 rings (SSSR count). The smallest absolute Gasteiger partial charge is 0.234 e. The van der Waals surface area contributed by atoms with E-state index in [1.807, 2.05) is 26.0 Å². The Morgan fingerprint density at radius 1 is 1.48 bits per heavy atom. The number of carbonyl (C=O) groups excluding carboxylic acids is 1. The van der Waals surface area contributed by atoms with E-state index in [1.54, 1.807) is 6.07 Å². The minimum absolute atomic E-state index is 0.152. The van der Waals surface area contributed by atoms with Gasteiger partial charge in [0.15, 0.2) is 5.82 Å². The van der Waals surface area contributed by atoms with Gasteiger partial charge < -0.3 is 11.2 Å². The van der Waals surface area contributed by atoms with Gasteiger partial charge in [-0.1, -0.05) is 36.4 Å². The number of hydrogen-bond acceptors (Lipinski definition) is 5. The number of benzene rings is 1. The van der Waals surface area contributed by atoms with Crippen molar-refractivity contribution in [2.45, 2.75) is 25.4 Å². The van der Waals surface area contributed by atoms with Crippen molar-refractivity contribution in [3.63, 3.8) is 0 Å². The summed E-state index contributed by atoms with van der Waals surface area (Å²) in [6, 6.07) is 5.39. The summed E-state index contributed by atoms with van der Waals surface area (Å²) in [5.41, 5.74) is 1.63. The zero-order chi connectivity index (χ0) is 15.4. The molecule has 0 aliphatic carbocycles. The van der Waals surface area contributed by atoms with E-state index in [4.69, 9.17) is 17.4 Å². The third-order valence-electron chi connectivity index (χ3n) is 2.84. The van der Waals surface area contributed by atoms with E-state index in [9.17, 15) is 4.79 Å². The van der Waals surface area contributed by atoms with Crippen LogP contribution in [-0.2, 0) is 11.2 Å². The Kier molecular flexibility index (Phi) is 5.08. The highest BCUT2D eigenvalue weighted by molar-refractivity contribution is 7.99. The molecule has 0 aliphatic heterocycles. The van der Waals surface area contributed by atoms with E-state index in [-0.39, 0.29) is 11.7 Å². The molecule has 0 saturated heterocycles. The molecule has 1 aromatic heterocycles. The fourth-order valence-corrected chi connectivity index (χ4v) is 2.50. The van der Waals surface area contributed by atoms with Crippen LogP contribution >= 0.6 is 23.4 Å². The number of halogens is 1. The first kappa shape index (κ1) is 15.7. The van der Waals surface area contributed by atoms with Crippen molar-refractivity contribution in [1.82, 2.24) is 14.9 Å². The Bertz CT molecular complexity index is 658. The van der Waals surface area contributed by atoms with Crippen LogP contribution in [0.1, 0.15) is 18.3 Å². The van der Waals surface area contributed by atoms with Crippen LogP contribution in [-0.4, -0.2) is 26.5 Å². The van der Waals surface area contributed by atoms with Crippen molar-refractivity contribution in [3.05, 3.63) is 34.6 Å². The molecule has 0 bridgehead atoms. The molecule has 3 N–H and O–H groups in total. The van der Waals surface area contributed by atoms with E-state index in [0.717, 1.165) is 5.56 Å². The number of nitrogen functional groups attached to an aromatic ring is 1. The molecule has 0 saturated carbocycles. The van der Waals surface area contributed by atoms with Crippen molar-refractivity contribution in [3.8, 4) is 0 Å². The van der Waals surface area contributed by atoms with Crippen molar-refractivity contribution in [2.75, 3.05) is 16.9 Å². The number of thioether (sulfide) groups is 1. The molecule has 1 heterocycles. The zero-order valence-electron chi connectivity index (χ0n) is 11.8. The van der Waals surface area contributed by atoms with Gasteiger partial charge in [0.1, 0.15) is 0 Å². The number of nitrogens with one attached hydrogen (secondary N) is 1. The number of nitrogens with two attached hydrogens (primary N) is 1. The van der Waals surface area contributed by atoms with E-state index < -0.39 is 0 Å². The zero-order valence-corrected chi connectivity index (χ0v) is 13.3. The molecule has 2 aromatic rings. The van der Waals surface area contributed by atoms with Crippen molar-refractivity contribution in [1.29, 1.82) is 0 Å². The number of aryl methyl sites for hydroxylation is 2. The molecule has 6 nitrogen and oxygen atoms in total. The highest BCUT2D eigenvalue weighted by Crippen LogP contribution is 2.21. The minimum atomic E-state index is -0.152. The third kappa shape index (κ3) is 3.89. The number of amides is 1. The van der Waals surface area contributed by atoms with Gasteiger partial charge in [0, 0.05) is 17.1 Å². The van der Waals surface area contributed by atoms with Gasteiger partial charge in [0.2, 0.25) is 11.1 Å². The van der Waals surface area contributed by atoms with Crippen molar-refractivity contribution >= 4 is 35.0 Å².